The van der Waals surface area contributed by atoms with Gasteiger partial charge in [0.2, 0.25) is 10.0 Å². The smallest absolute Gasteiger partial charge is 0.410 e. The van der Waals surface area contributed by atoms with Gasteiger partial charge in [0.05, 0.1) is 11.4 Å². The average molecular weight is 611 g/mol. The monoisotopic (exact) mass is 610 g/mol. The summed E-state index contributed by atoms with van der Waals surface area (Å²) in [6.07, 6.45) is 2.97. The van der Waals surface area contributed by atoms with Gasteiger partial charge in [0.25, 0.3) is 11.8 Å². The molecule has 12 heteroatoms. The standard InChI is InChI=1S/C31H38N4O7S/c1-20-29(36)33-27-15-23(7-10-28(27)42-20)30(37)32-24-16-25-8-9-26(17-24)35(25)43(39,40)19-22-11-13-34(14-12-22)31(38)41-18-21-5-3-2-4-6-21/h2-7,10,15,20,22,24-26H,8-9,11-14,16-19H2,1H3,(H,32,37)(H,33,36)/t20-,24?,25-,26+/m1/s1. The summed E-state index contributed by atoms with van der Waals surface area (Å²) >= 11 is 0. The summed E-state index contributed by atoms with van der Waals surface area (Å²) in [4.78, 5) is 39.2. The van der Waals surface area contributed by atoms with E-state index in [9.17, 15) is 22.8 Å². The van der Waals surface area contributed by atoms with Crippen LogP contribution in [0.25, 0.3) is 0 Å². The van der Waals surface area contributed by atoms with Gasteiger partial charge in [0.1, 0.15) is 12.4 Å². The zero-order valence-corrected chi connectivity index (χ0v) is 25.1. The number of hydrogen-bond acceptors (Lipinski definition) is 7. The van der Waals surface area contributed by atoms with Crippen LogP contribution in [-0.2, 0) is 26.2 Å². The summed E-state index contributed by atoms with van der Waals surface area (Å²) < 4.78 is 40.0. The number of carbonyl (C=O) groups is 3. The molecule has 4 aliphatic rings. The van der Waals surface area contributed by atoms with Gasteiger partial charge >= 0.3 is 6.09 Å². The molecule has 4 aliphatic heterocycles. The minimum absolute atomic E-state index is 0.0172. The largest absolute Gasteiger partial charge is 0.479 e. The Balaban J connectivity index is 0.992. The maximum Gasteiger partial charge on any atom is 0.410 e. The maximum absolute atomic E-state index is 13.6. The second-order valence-electron chi connectivity index (χ2n) is 12.1. The number of ether oxygens (including phenoxy) is 2. The summed E-state index contributed by atoms with van der Waals surface area (Å²) in [6.45, 7) is 2.83. The van der Waals surface area contributed by atoms with Crippen LogP contribution in [-0.4, -0.2) is 78.6 Å². The van der Waals surface area contributed by atoms with E-state index >= 15 is 0 Å². The number of benzene rings is 2. The van der Waals surface area contributed by atoms with Gasteiger partial charge < -0.3 is 25.0 Å². The molecule has 3 saturated heterocycles. The van der Waals surface area contributed by atoms with Crippen LogP contribution in [0.3, 0.4) is 0 Å². The summed E-state index contributed by atoms with van der Waals surface area (Å²) in [5.41, 5.74) is 1.80. The summed E-state index contributed by atoms with van der Waals surface area (Å²) in [5.74, 6) is 0.0590. The number of amides is 3. The van der Waals surface area contributed by atoms with E-state index < -0.39 is 16.1 Å². The number of hydrogen-bond donors (Lipinski definition) is 2. The number of likely N-dealkylation sites (tertiary alicyclic amines) is 1. The number of sulfonamides is 1. The molecule has 1 unspecified atom stereocenters. The number of anilines is 1. The highest BCUT2D eigenvalue weighted by Crippen LogP contribution is 2.39. The zero-order chi connectivity index (χ0) is 30.1. The lowest BCUT2D eigenvalue weighted by Gasteiger charge is -2.39. The van der Waals surface area contributed by atoms with Gasteiger partial charge in [-0.3, -0.25) is 9.59 Å². The van der Waals surface area contributed by atoms with Crippen molar-refractivity contribution in [1.29, 1.82) is 0 Å². The van der Waals surface area contributed by atoms with Crippen molar-refractivity contribution < 1.29 is 32.3 Å². The molecule has 230 valence electrons. The Labute approximate surface area is 251 Å². The molecule has 2 bridgehead atoms. The fourth-order valence-corrected chi connectivity index (χ4v) is 9.19. The predicted molar refractivity (Wildman–Crippen MR) is 159 cm³/mol. The van der Waals surface area contributed by atoms with Crippen molar-refractivity contribution >= 4 is 33.6 Å². The van der Waals surface area contributed by atoms with Gasteiger partial charge in [-0.2, -0.15) is 4.31 Å². The predicted octanol–water partition coefficient (Wildman–Crippen LogP) is 3.51. The van der Waals surface area contributed by atoms with Gasteiger partial charge in [-0.05, 0) is 75.1 Å². The highest BCUT2D eigenvalue weighted by Gasteiger charge is 2.47. The van der Waals surface area contributed by atoms with Crippen LogP contribution in [0.15, 0.2) is 48.5 Å². The first kappa shape index (κ1) is 29.4. The van der Waals surface area contributed by atoms with Crippen LogP contribution in [0, 0.1) is 5.92 Å². The van der Waals surface area contributed by atoms with E-state index in [2.05, 4.69) is 10.6 Å². The van der Waals surface area contributed by atoms with Gasteiger partial charge in [0.15, 0.2) is 6.10 Å². The maximum atomic E-state index is 13.6. The van der Waals surface area contributed by atoms with Crippen LogP contribution < -0.4 is 15.4 Å². The number of nitrogens with one attached hydrogen (secondary N) is 2. The molecule has 0 aromatic heterocycles. The van der Waals surface area contributed by atoms with Gasteiger partial charge in [-0.25, -0.2) is 13.2 Å². The summed E-state index contributed by atoms with van der Waals surface area (Å²) in [7, 11) is -3.50. The first-order valence-electron chi connectivity index (χ1n) is 15.1. The average Bonchev–Trinajstić information content (AvgIpc) is 3.29. The fraction of sp³-hybridized carbons (Fsp3) is 0.516. The third-order valence-electron chi connectivity index (χ3n) is 9.02. The Hall–Kier alpha value is -3.64. The van der Waals surface area contributed by atoms with E-state index in [-0.39, 0.29) is 54.3 Å². The molecule has 4 atom stereocenters. The molecule has 11 nitrogen and oxygen atoms in total. The number of carbonyl (C=O) groups excluding carboxylic acids is 3. The van der Waals surface area contributed by atoms with E-state index in [1.807, 2.05) is 30.3 Å². The third kappa shape index (κ3) is 6.50. The van der Waals surface area contributed by atoms with Crippen molar-refractivity contribution in [3.63, 3.8) is 0 Å². The summed E-state index contributed by atoms with van der Waals surface area (Å²) in [6, 6.07) is 14.1. The molecule has 3 fully saturated rings. The topological polar surface area (TPSA) is 134 Å². The Kier molecular flexibility index (Phi) is 8.32. The summed E-state index contributed by atoms with van der Waals surface area (Å²) in [5, 5.41) is 5.85. The lowest BCUT2D eigenvalue weighted by molar-refractivity contribution is -0.122. The SMILES string of the molecule is C[C@H]1Oc2ccc(C(=O)NC3C[C@H]4CC[C@@H](C3)N4S(=O)(=O)CC3CCN(C(=O)OCc4ccccc4)CC3)cc2NC1=O. The van der Waals surface area contributed by atoms with E-state index in [0.717, 1.165) is 18.4 Å². The molecule has 2 aromatic carbocycles. The van der Waals surface area contributed by atoms with Crippen LogP contribution in [0.5, 0.6) is 5.75 Å². The van der Waals surface area contributed by atoms with Crippen LogP contribution in [0.4, 0.5) is 10.5 Å². The number of rotatable bonds is 7. The van der Waals surface area contributed by atoms with Crippen molar-refractivity contribution in [1.82, 2.24) is 14.5 Å². The molecular weight excluding hydrogens is 572 g/mol. The van der Waals surface area contributed by atoms with Crippen molar-refractivity contribution in [3.05, 3.63) is 59.7 Å². The highest BCUT2D eigenvalue weighted by molar-refractivity contribution is 7.89. The van der Waals surface area contributed by atoms with Crippen LogP contribution >= 0.6 is 0 Å². The van der Waals surface area contributed by atoms with Gasteiger partial charge in [0, 0.05) is 36.8 Å². The molecule has 0 radical (unpaired) electrons. The van der Waals surface area contributed by atoms with Crippen LogP contribution in [0.1, 0.15) is 61.4 Å². The molecule has 4 heterocycles. The molecular formula is C31H38N4O7S. The number of nitrogens with zero attached hydrogens (tertiary/aromatic N) is 2. The Morgan fingerprint density at radius 1 is 1.02 bits per heavy atom. The lowest BCUT2D eigenvalue weighted by Crippen LogP contribution is -2.53. The minimum Gasteiger partial charge on any atom is -0.479 e. The Morgan fingerprint density at radius 2 is 1.72 bits per heavy atom. The number of piperidine rings is 2. The van der Waals surface area contributed by atoms with Crippen molar-refractivity contribution in [2.24, 2.45) is 5.92 Å². The van der Waals surface area contributed by atoms with Crippen molar-refractivity contribution in [3.8, 4) is 5.75 Å². The first-order valence-corrected chi connectivity index (χ1v) is 16.7. The fourth-order valence-electron chi connectivity index (χ4n) is 6.80. The van der Waals surface area contributed by atoms with Crippen molar-refractivity contribution in [2.75, 3.05) is 24.2 Å². The molecule has 0 spiro atoms. The second-order valence-corrected chi connectivity index (χ2v) is 14.0. The normalized spacial score (nSPS) is 25.8. The van der Waals surface area contributed by atoms with E-state index in [1.165, 1.54) is 0 Å². The first-order chi connectivity index (χ1) is 20.7. The molecule has 6 rings (SSSR count). The molecule has 0 saturated carbocycles. The van der Waals surface area contributed by atoms with E-state index in [1.54, 1.807) is 34.3 Å². The second kappa shape index (κ2) is 12.2. The lowest BCUT2D eigenvalue weighted by atomic mass is 9.99. The van der Waals surface area contributed by atoms with Crippen LogP contribution in [0.2, 0.25) is 0 Å². The number of fused-ring (bicyclic) bond motifs is 3. The molecule has 0 aliphatic carbocycles. The molecule has 2 N–H and O–H groups in total. The Bertz CT molecular complexity index is 1460. The Morgan fingerprint density at radius 3 is 2.42 bits per heavy atom. The zero-order valence-electron chi connectivity index (χ0n) is 24.2. The quantitative estimate of drug-likeness (QED) is 0.490. The third-order valence-corrected chi connectivity index (χ3v) is 11.2. The van der Waals surface area contributed by atoms with Gasteiger partial charge in [-0.1, -0.05) is 30.3 Å². The van der Waals surface area contributed by atoms with Crippen molar-refractivity contribution in [2.45, 2.75) is 76.3 Å². The highest BCUT2D eigenvalue weighted by atomic mass is 32.2. The molecule has 2 aromatic rings. The van der Waals surface area contributed by atoms with Gasteiger partial charge in [-0.15, -0.1) is 0 Å². The van der Waals surface area contributed by atoms with E-state index in [0.29, 0.717) is 55.8 Å². The molecule has 43 heavy (non-hydrogen) atoms. The van der Waals surface area contributed by atoms with E-state index in [4.69, 9.17) is 9.47 Å². The minimum atomic E-state index is -3.50. The molecule has 3 amide bonds.